The van der Waals surface area contributed by atoms with Crippen LogP contribution in [0.15, 0.2) is 41.6 Å². The number of allylic oxidation sites excluding steroid dienone is 1. The van der Waals surface area contributed by atoms with Gasteiger partial charge < -0.3 is 10.2 Å². The van der Waals surface area contributed by atoms with Gasteiger partial charge in [-0.15, -0.1) is 0 Å². The van der Waals surface area contributed by atoms with Gasteiger partial charge in [0.2, 0.25) is 0 Å². The molecule has 1 heterocycles. The molecule has 1 aromatic carbocycles. The minimum absolute atomic E-state index is 0.0152. The number of para-hydroxylation sites is 1. The first-order valence-corrected chi connectivity index (χ1v) is 9.87. The molecule has 1 fully saturated rings. The Hall–Kier alpha value is -2.63. The highest BCUT2D eigenvalue weighted by atomic mass is 16.2. The third kappa shape index (κ3) is 3.48. The van der Waals surface area contributed by atoms with Crippen LogP contribution in [0, 0.1) is 0 Å². The van der Waals surface area contributed by atoms with Gasteiger partial charge in [-0.3, -0.25) is 9.59 Å². The summed E-state index contributed by atoms with van der Waals surface area (Å²) in [7, 11) is 0. The van der Waals surface area contributed by atoms with Crippen LogP contribution < -0.4 is 5.32 Å². The van der Waals surface area contributed by atoms with Crippen LogP contribution in [0.25, 0.3) is 0 Å². The number of nitrogens with zero attached hydrogens (tertiary/aromatic N) is 2. The Morgan fingerprint density at radius 1 is 0.963 bits per heavy atom. The third-order valence-electron chi connectivity index (χ3n) is 5.78. The van der Waals surface area contributed by atoms with Crippen molar-refractivity contribution in [3.05, 3.63) is 41.6 Å². The van der Waals surface area contributed by atoms with Crippen LogP contribution in [-0.4, -0.2) is 40.2 Å². The fraction of sp³-hybridized carbons (Fsp3) is 0.476. The SMILES string of the molecule is O=C1CN(C2CCCCC2)C(=O)C2=C(CCC2)N1C(=O)Nc1ccccc1. The highest BCUT2D eigenvalue weighted by Gasteiger charge is 2.41. The molecule has 6 heteroatoms. The number of anilines is 1. The fourth-order valence-corrected chi connectivity index (χ4v) is 4.44. The average Bonchev–Trinajstić information content (AvgIpc) is 3.13. The number of amides is 4. The van der Waals surface area contributed by atoms with E-state index in [9.17, 15) is 14.4 Å². The minimum Gasteiger partial charge on any atom is -0.327 e. The largest absolute Gasteiger partial charge is 0.332 e. The summed E-state index contributed by atoms with van der Waals surface area (Å²) in [6.07, 6.45) is 7.28. The van der Waals surface area contributed by atoms with Gasteiger partial charge in [-0.2, -0.15) is 0 Å². The lowest BCUT2D eigenvalue weighted by Crippen LogP contribution is -2.47. The predicted molar refractivity (Wildman–Crippen MR) is 102 cm³/mol. The van der Waals surface area contributed by atoms with Gasteiger partial charge in [-0.25, -0.2) is 9.69 Å². The smallest absolute Gasteiger partial charge is 0.327 e. The number of hydrogen-bond donors (Lipinski definition) is 1. The van der Waals surface area contributed by atoms with E-state index in [4.69, 9.17) is 0 Å². The Morgan fingerprint density at radius 3 is 2.44 bits per heavy atom. The van der Waals surface area contributed by atoms with Crippen molar-refractivity contribution in [1.82, 2.24) is 9.80 Å². The standard InChI is InChI=1S/C21H25N3O3/c25-19-14-23(16-10-5-2-6-11-16)20(26)17-12-7-13-18(17)24(19)21(27)22-15-8-3-1-4-9-15/h1,3-4,8-9,16H,2,5-7,10-14H2,(H,22,27). The lowest BCUT2D eigenvalue weighted by Gasteiger charge is -2.33. The summed E-state index contributed by atoms with van der Waals surface area (Å²) < 4.78 is 0. The van der Waals surface area contributed by atoms with Crippen LogP contribution in [0.2, 0.25) is 0 Å². The quantitative estimate of drug-likeness (QED) is 0.867. The summed E-state index contributed by atoms with van der Waals surface area (Å²) in [5, 5.41) is 2.79. The van der Waals surface area contributed by atoms with Gasteiger partial charge in [0.1, 0.15) is 6.54 Å². The molecule has 4 amide bonds. The minimum atomic E-state index is -0.473. The lowest BCUT2D eigenvalue weighted by atomic mass is 9.93. The second kappa shape index (κ2) is 7.55. The van der Waals surface area contributed by atoms with Gasteiger partial charge in [0.15, 0.2) is 0 Å². The van der Waals surface area contributed by atoms with Crippen LogP contribution in [-0.2, 0) is 9.59 Å². The fourth-order valence-electron chi connectivity index (χ4n) is 4.44. The molecular formula is C21H25N3O3. The molecule has 4 rings (SSSR count). The van der Waals surface area contributed by atoms with Crippen molar-refractivity contribution in [2.45, 2.75) is 57.4 Å². The second-order valence-electron chi connectivity index (χ2n) is 7.53. The summed E-state index contributed by atoms with van der Waals surface area (Å²) in [5.74, 6) is -0.355. The number of hydrogen-bond acceptors (Lipinski definition) is 3. The van der Waals surface area contributed by atoms with E-state index in [1.165, 1.54) is 11.3 Å². The summed E-state index contributed by atoms with van der Waals surface area (Å²) in [5.41, 5.74) is 1.88. The summed E-state index contributed by atoms with van der Waals surface area (Å²) in [4.78, 5) is 42.0. The number of carbonyl (C=O) groups is 3. The molecule has 0 bridgehead atoms. The zero-order valence-corrected chi connectivity index (χ0v) is 15.4. The van der Waals surface area contributed by atoms with Crippen molar-refractivity contribution in [3.63, 3.8) is 0 Å². The molecule has 3 aliphatic rings. The van der Waals surface area contributed by atoms with Gasteiger partial charge >= 0.3 is 6.03 Å². The molecule has 0 saturated heterocycles. The van der Waals surface area contributed by atoms with Crippen molar-refractivity contribution in [2.75, 3.05) is 11.9 Å². The van der Waals surface area contributed by atoms with E-state index < -0.39 is 6.03 Å². The van der Waals surface area contributed by atoms with Crippen molar-refractivity contribution in [3.8, 4) is 0 Å². The number of carbonyl (C=O) groups excluding carboxylic acids is 3. The van der Waals surface area contributed by atoms with E-state index in [-0.39, 0.29) is 24.4 Å². The van der Waals surface area contributed by atoms with Crippen molar-refractivity contribution < 1.29 is 14.4 Å². The second-order valence-corrected chi connectivity index (χ2v) is 7.53. The summed E-state index contributed by atoms with van der Waals surface area (Å²) in [6.45, 7) is -0.0152. The van der Waals surface area contributed by atoms with Gasteiger partial charge in [0.05, 0.1) is 0 Å². The van der Waals surface area contributed by atoms with Crippen LogP contribution in [0.1, 0.15) is 51.4 Å². The van der Waals surface area contributed by atoms with E-state index in [1.54, 1.807) is 17.0 Å². The van der Waals surface area contributed by atoms with E-state index in [2.05, 4.69) is 5.32 Å². The highest BCUT2D eigenvalue weighted by molar-refractivity contribution is 6.08. The van der Waals surface area contributed by atoms with Gasteiger partial charge in [-0.05, 0) is 44.2 Å². The molecule has 1 aromatic rings. The first-order chi connectivity index (χ1) is 13.1. The average molecular weight is 367 g/mol. The number of rotatable bonds is 2. The summed E-state index contributed by atoms with van der Waals surface area (Å²) in [6, 6.07) is 8.72. The molecule has 6 nitrogen and oxygen atoms in total. The van der Waals surface area contributed by atoms with Crippen LogP contribution >= 0.6 is 0 Å². The van der Waals surface area contributed by atoms with E-state index in [0.29, 0.717) is 29.8 Å². The molecule has 0 radical (unpaired) electrons. The predicted octanol–water partition coefficient (Wildman–Crippen LogP) is 3.66. The molecule has 2 aliphatic carbocycles. The number of nitrogens with one attached hydrogen (secondary N) is 1. The lowest BCUT2D eigenvalue weighted by molar-refractivity contribution is -0.137. The molecule has 142 valence electrons. The highest BCUT2D eigenvalue weighted by Crippen LogP contribution is 2.35. The Morgan fingerprint density at radius 2 is 1.70 bits per heavy atom. The Balaban J connectivity index is 1.62. The molecule has 1 saturated carbocycles. The molecule has 0 atom stereocenters. The third-order valence-corrected chi connectivity index (χ3v) is 5.78. The number of benzene rings is 1. The maximum atomic E-state index is 13.2. The Labute approximate surface area is 159 Å². The maximum Gasteiger partial charge on any atom is 0.332 e. The Bertz CT molecular complexity index is 781. The molecule has 1 N–H and O–H groups in total. The van der Waals surface area contributed by atoms with E-state index >= 15 is 0 Å². The first-order valence-electron chi connectivity index (χ1n) is 9.87. The number of urea groups is 1. The normalized spacial score (nSPS) is 21.3. The van der Waals surface area contributed by atoms with Gasteiger partial charge in [-0.1, -0.05) is 37.5 Å². The molecule has 0 aromatic heterocycles. The zero-order valence-electron chi connectivity index (χ0n) is 15.4. The van der Waals surface area contributed by atoms with Crippen LogP contribution in [0.4, 0.5) is 10.5 Å². The van der Waals surface area contributed by atoms with Gasteiger partial charge in [0.25, 0.3) is 11.8 Å². The van der Waals surface area contributed by atoms with Crippen molar-refractivity contribution in [2.24, 2.45) is 0 Å². The maximum absolute atomic E-state index is 13.2. The van der Waals surface area contributed by atoms with E-state index in [0.717, 1.165) is 32.1 Å². The molecular weight excluding hydrogens is 342 g/mol. The zero-order chi connectivity index (χ0) is 18.8. The topological polar surface area (TPSA) is 69.7 Å². The molecule has 1 aliphatic heterocycles. The van der Waals surface area contributed by atoms with Crippen molar-refractivity contribution in [1.29, 1.82) is 0 Å². The summed E-state index contributed by atoms with van der Waals surface area (Å²) >= 11 is 0. The molecule has 0 unspecified atom stereocenters. The first kappa shape index (κ1) is 17.8. The Kier molecular flexibility index (Phi) is 4.97. The van der Waals surface area contributed by atoms with Gasteiger partial charge in [0, 0.05) is 23.0 Å². The monoisotopic (exact) mass is 367 g/mol. The van der Waals surface area contributed by atoms with Crippen LogP contribution in [0.3, 0.4) is 0 Å². The number of imide groups is 1. The van der Waals surface area contributed by atoms with Crippen LogP contribution in [0.5, 0.6) is 0 Å². The molecule has 0 spiro atoms. The molecule has 27 heavy (non-hydrogen) atoms. The van der Waals surface area contributed by atoms with E-state index in [1.807, 2.05) is 18.2 Å². The van der Waals surface area contributed by atoms with Crippen molar-refractivity contribution >= 4 is 23.5 Å².